The second kappa shape index (κ2) is 7.24. The van der Waals surface area contributed by atoms with Crippen LogP contribution in [-0.4, -0.2) is 20.5 Å². The number of aromatic nitrogens is 3. The van der Waals surface area contributed by atoms with E-state index in [-0.39, 0.29) is 17.7 Å². The summed E-state index contributed by atoms with van der Waals surface area (Å²) in [5.74, 6) is 1.54. The van der Waals surface area contributed by atoms with Crippen LogP contribution in [0.2, 0.25) is 0 Å². The molecule has 0 saturated carbocycles. The third-order valence-electron chi connectivity index (χ3n) is 6.41. The summed E-state index contributed by atoms with van der Waals surface area (Å²) in [5, 5.41) is 7.85. The van der Waals surface area contributed by atoms with Gasteiger partial charge in [0.2, 0.25) is 5.95 Å². The third kappa shape index (κ3) is 3.05. The van der Waals surface area contributed by atoms with Crippen LogP contribution in [0, 0.1) is 6.92 Å². The molecule has 0 fully saturated rings. The Hall–Kier alpha value is -3.21. The zero-order valence-electron chi connectivity index (χ0n) is 17.6. The Bertz CT molecular complexity index is 1140. The highest BCUT2D eigenvalue weighted by atomic mass is 16.1. The number of aryl methyl sites for hydroxylation is 1. The van der Waals surface area contributed by atoms with E-state index in [9.17, 15) is 4.79 Å². The van der Waals surface area contributed by atoms with Crippen molar-refractivity contribution in [3.8, 4) is 0 Å². The van der Waals surface area contributed by atoms with Gasteiger partial charge in [0.15, 0.2) is 5.78 Å². The van der Waals surface area contributed by atoms with Crippen LogP contribution in [0.5, 0.6) is 0 Å². The van der Waals surface area contributed by atoms with Gasteiger partial charge in [0.25, 0.3) is 0 Å². The maximum atomic E-state index is 13.5. The summed E-state index contributed by atoms with van der Waals surface area (Å²) in [4.78, 5) is 17.9. The van der Waals surface area contributed by atoms with Gasteiger partial charge >= 0.3 is 0 Å². The zero-order valence-corrected chi connectivity index (χ0v) is 17.6. The molecule has 0 saturated heterocycles. The number of nitrogens with one attached hydrogen (secondary N) is 1. The van der Waals surface area contributed by atoms with E-state index in [2.05, 4.69) is 78.6 Å². The number of fused-ring (bicyclic) bond motifs is 1. The first kappa shape index (κ1) is 18.8. The molecule has 0 bridgehead atoms. The monoisotopic (exact) mass is 398 g/mol. The Kier molecular flexibility index (Phi) is 4.54. The minimum Gasteiger partial charge on any atom is -0.328 e. The largest absolute Gasteiger partial charge is 0.328 e. The molecular formula is C25H26N4O. The fourth-order valence-corrected chi connectivity index (χ4v) is 4.79. The maximum Gasteiger partial charge on any atom is 0.226 e. The minimum absolute atomic E-state index is 0.184. The number of allylic oxidation sites excluding steroid dienone is 2. The molecule has 2 aliphatic rings. The van der Waals surface area contributed by atoms with Crippen LogP contribution in [-0.2, 0) is 4.79 Å². The SMILES string of the molecule is Cc1ccccc1[C@@H]1CC(=O)C2=C(C1)Nc1ncnn1[C@@H]2c1ccc(C(C)C)cc1. The quantitative estimate of drug-likeness (QED) is 0.665. The number of nitrogens with zero attached hydrogens (tertiary/aromatic N) is 3. The second-order valence-electron chi connectivity index (χ2n) is 8.65. The average molecular weight is 399 g/mol. The fraction of sp³-hybridized carbons (Fsp3) is 0.320. The second-order valence-corrected chi connectivity index (χ2v) is 8.65. The van der Waals surface area contributed by atoms with Crippen LogP contribution in [0.1, 0.15) is 66.8 Å². The van der Waals surface area contributed by atoms with Gasteiger partial charge in [-0.1, -0.05) is 62.4 Å². The number of anilines is 1. The van der Waals surface area contributed by atoms with Crippen molar-refractivity contribution in [2.24, 2.45) is 0 Å². The summed E-state index contributed by atoms with van der Waals surface area (Å²) in [7, 11) is 0. The molecule has 0 radical (unpaired) electrons. The molecule has 2 aromatic carbocycles. The third-order valence-corrected chi connectivity index (χ3v) is 6.41. The van der Waals surface area contributed by atoms with Crippen LogP contribution in [0.3, 0.4) is 0 Å². The van der Waals surface area contributed by atoms with Gasteiger partial charge in [0.1, 0.15) is 12.4 Å². The molecule has 0 unspecified atom stereocenters. The first-order valence-corrected chi connectivity index (χ1v) is 10.6. The summed E-state index contributed by atoms with van der Waals surface area (Å²) < 4.78 is 1.84. The van der Waals surface area contributed by atoms with Gasteiger partial charge in [-0.2, -0.15) is 10.1 Å². The van der Waals surface area contributed by atoms with Crippen LogP contribution in [0.4, 0.5) is 5.95 Å². The number of carbonyl (C=O) groups excluding carboxylic acids is 1. The number of benzene rings is 2. The van der Waals surface area contributed by atoms with Crippen molar-refractivity contribution in [3.63, 3.8) is 0 Å². The molecule has 0 spiro atoms. The predicted molar refractivity (Wildman–Crippen MR) is 118 cm³/mol. The van der Waals surface area contributed by atoms with Crippen LogP contribution in [0.15, 0.2) is 66.1 Å². The van der Waals surface area contributed by atoms with Gasteiger partial charge in [-0.3, -0.25) is 4.79 Å². The van der Waals surface area contributed by atoms with Crippen LogP contribution >= 0.6 is 0 Å². The number of ketones is 1. The summed E-state index contributed by atoms with van der Waals surface area (Å²) >= 11 is 0. The molecule has 1 aromatic heterocycles. The molecule has 5 rings (SSSR count). The maximum absolute atomic E-state index is 13.5. The Morgan fingerprint density at radius 2 is 1.83 bits per heavy atom. The van der Waals surface area contributed by atoms with Gasteiger partial charge in [0.05, 0.1) is 0 Å². The van der Waals surface area contributed by atoms with Crippen LogP contribution in [0.25, 0.3) is 0 Å². The lowest BCUT2D eigenvalue weighted by atomic mass is 9.77. The lowest BCUT2D eigenvalue weighted by Gasteiger charge is -2.35. The Labute approximate surface area is 176 Å². The predicted octanol–water partition coefficient (Wildman–Crippen LogP) is 5.13. The summed E-state index contributed by atoms with van der Waals surface area (Å²) in [6, 6.07) is 16.7. The molecular weight excluding hydrogens is 372 g/mol. The average Bonchev–Trinajstić information content (AvgIpc) is 3.20. The highest BCUT2D eigenvalue weighted by Crippen LogP contribution is 2.44. The minimum atomic E-state index is -0.231. The first-order chi connectivity index (χ1) is 14.5. The molecule has 152 valence electrons. The smallest absolute Gasteiger partial charge is 0.226 e. The number of rotatable bonds is 3. The lowest BCUT2D eigenvalue weighted by Crippen LogP contribution is -2.33. The van der Waals surface area contributed by atoms with E-state index in [4.69, 9.17) is 0 Å². The standard InChI is InChI=1S/C25H26N4O/c1-15(2)17-8-10-18(11-9-17)24-23-21(28-25-26-14-27-29(24)25)12-19(13-22(23)30)20-7-5-4-6-16(20)3/h4-11,14-15,19,24H,12-13H2,1-3H3,(H,26,27,28)/t19-,24+/m0/s1. The first-order valence-electron chi connectivity index (χ1n) is 10.6. The van der Waals surface area contributed by atoms with Crippen molar-refractivity contribution >= 4 is 11.7 Å². The van der Waals surface area contributed by atoms with E-state index in [1.165, 1.54) is 16.7 Å². The summed E-state index contributed by atoms with van der Waals surface area (Å²) in [5.41, 5.74) is 6.66. The Morgan fingerprint density at radius 3 is 2.57 bits per heavy atom. The van der Waals surface area contributed by atoms with Gasteiger partial charge in [0, 0.05) is 17.7 Å². The molecule has 30 heavy (non-hydrogen) atoms. The lowest BCUT2D eigenvalue weighted by molar-refractivity contribution is -0.116. The number of hydrogen-bond donors (Lipinski definition) is 1. The van der Waals surface area contributed by atoms with E-state index < -0.39 is 0 Å². The van der Waals surface area contributed by atoms with E-state index in [1.807, 2.05) is 10.7 Å². The molecule has 1 N–H and O–H groups in total. The van der Waals surface area contributed by atoms with Gasteiger partial charge in [-0.15, -0.1) is 0 Å². The van der Waals surface area contributed by atoms with E-state index in [0.717, 1.165) is 23.3 Å². The molecule has 0 amide bonds. The van der Waals surface area contributed by atoms with E-state index in [1.54, 1.807) is 6.33 Å². The Morgan fingerprint density at radius 1 is 1.07 bits per heavy atom. The molecule has 1 aliphatic carbocycles. The van der Waals surface area contributed by atoms with E-state index >= 15 is 0 Å². The molecule has 5 nitrogen and oxygen atoms in total. The summed E-state index contributed by atoms with van der Waals surface area (Å²) in [6.45, 7) is 6.49. The van der Waals surface area contributed by atoms with Crippen molar-refractivity contribution in [1.82, 2.24) is 14.8 Å². The van der Waals surface area contributed by atoms with Crippen molar-refractivity contribution in [1.29, 1.82) is 0 Å². The molecule has 2 heterocycles. The molecule has 1 aliphatic heterocycles. The van der Waals surface area contributed by atoms with Crippen molar-refractivity contribution in [2.75, 3.05) is 5.32 Å². The number of carbonyl (C=O) groups is 1. The van der Waals surface area contributed by atoms with Crippen molar-refractivity contribution < 1.29 is 4.79 Å². The molecule has 3 aromatic rings. The molecule has 5 heteroatoms. The molecule has 2 atom stereocenters. The Balaban J connectivity index is 1.58. The number of hydrogen-bond acceptors (Lipinski definition) is 4. The fourth-order valence-electron chi connectivity index (χ4n) is 4.79. The normalized spacial score (nSPS) is 20.7. The van der Waals surface area contributed by atoms with Crippen LogP contribution < -0.4 is 5.32 Å². The van der Waals surface area contributed by atoms with Crippen molar-refractivity contribution in [3.05, 3.63) is 88.4 Å². The van der Waals surface area contributed by atoms with Gasteiger partial charge in [-0.05, 0) is 47.4 Å². The zero-order chi connectivity index (χ0) is 20.8. The highest BCUT2D eigenvalue weighted by Gasteiger charge is 2.39. The number of Topliss-reactive ketones (excluding diaryl/α,β-unsaturated/α-hetero) is 1. The topological polar surface area (TPSA) is 59.8 Å². The van der Waals surface area contributed by atoms with E-state index in [0.29, 0.717) is 18.3 Å². The summed E-state index contributed by atoms with van der Waals surface area (Å²) in [6.07, 6.45) is 2.88. The van der Waals surface area contributed by atoms with Crippen molar-refractivity contribution in [2.45, 2.75) is 51.5 Å². The van der Waals surface area contributed by atoms with Gasteiger partial charge < -0.3 is 5.32 Å². The highest BCUT2D eigenvalue weighted by molar-refractivity contribution is 6.00. The van der Waals surface area contributed by atoms with Gasteiger partial charge in [-0.25, -0.2) is 4.68 Å².